The van der Waals surface area contributed by atoms with Crippen LogP contribution in [0.1, 0.15) is 33.6 Å². The Balaban J connectivity index is 1.98. The van der Waals surface area contributed by atoms with Gasteiger partial charge in [0.05, 0.1) is 32.2 Å². The lowest BCUT2D eigenvalue weighted by Gasteiger charge is -2.26. The lowest BCUT2D eigenvalue weighted by molar-refractivity contribution is 0.0930. The maximum atomic E-state index is 12.8. The molecule has 3 aromatic rings. The monoisotopic (exact) mass is 452 g/mol. The van der Waals surface area contributed by atoms with Gasteiger partial charge in [0.2, 0.25) is 0 Å². The maximum Gasteiger partial charge on any atom is 0.251 e. The number of amides is 1. The Hall–Kier alpha value is -1.75. The number of carbonyl (C=O) groups excluding carboxylic acids is 1. The van der Waals surface area contributed by atoms with Crippen molar-refractivity contribution in [1.82, 2.24) is 5.32 Å². The van der Waals surface area contributed by atoms with E-state index in [-0.39, 0.29) is 5.91 Å². The largest absolute Gasteiger partial charge is 0.343 e. The molecular formula is C21H16Cl4N2O. The van der Waals surface area contributed by atoms with Crippen LogP contribution in [0.4, 0.5) is 0 Å². The van der Waals surface area contributed by atoms with Gasteiger partial charge in [0.25, 0.3) is 5.91 Å². The number of nitrogens with one attached hydrogen (secondary N) is 1. The smallest absolute Gasteiger partial charge is 0.251 e. The molecule has 0 aliphatic heterocycles. The number of carbonyl (C=O) groups is 1. The molecule has 28 heavy (non-hydrogen) atoms. The van der Waals surface area contributed by atoms with E-state index in [1.807, 2.05) is 6.07 Å². The predicted molar refractivity (Wildman–Crippen MR) is 117 cm³/mol. The molecule has 3 aromatic carbocycles. The van der Waals surface area contributed by atoms with Crippen LogP contribution in [-0.4, -0.2) is 5.91 Å². The van der Waals surface area contributed by atoms with Crippen LogP contribution >= 0.6 is 46.4 Å². The Morgan fingerprint density at radius 1 is 0.750 bits per heavy atom. The SMILES string of the molecule is N[C@@H](c1ccc(Cl)c(Cl)c1)[C@H](NC(=O)c1ccccc1)c1ccc(Cl)c(Cl)c1. The summed E-state index contributed by atoms with van der Waals surface area (Å²) < 4.78 is 0. The van der Waals surface area contributed by atoms with Crippen LogP contribution in [0, 0.1) is 0 Å². The summed E-state index contributed by atoms with van der Waals surface area (Å²) in [6, 6.07) is 18.0. The van der Waals surface area contributed by atoms with Crippen molar-refractivity contribution in [3.8, 4) is 0 Å². The lowest BCUT2D eigenvalue weighted by atomic mass is 9.93. The van der Waals surface area contributed by atoms with Gasteiger partial charge in [-0.25, -0.2) is 0 Å². The van der Waals surface area contributed by atoms with Crippen LogP contribution in [0.2, 0.25) is 20.1 Å². The lowest BCUT2D eigenvalue weighted by Crippen LogP contribution is -2.36. The van der Waals surface area contributed by atoms with Crippen molar-refractivity contribution in [3.63, 3.8) is 0 Å². The van der Waals surface area contributed by atoms with Crippen LogP contribution in [-0.2, 0) is 0 Å². The first-order valence-electron chi connectivity index (χ1n) is 8.38. The molecule has 144 valence electrons. The molecule has 0 unspecified atom stereocenters. The molecule has 2 atom stereocenters. The first-order valence-corrected chi connectivity index (χ1v) is 9.89. The van der Waals surface area contributed by atoms with Gasteiger partial charge in [-0.15, -0.1) is 0 Å². The standard InChI is InChI=1S/C21H16Cl4N2O/c22-15-8-6-13(10-17(15)24)19(26)20(14-7-9-16(23)18(25)11-14)27-21(28)12-4-2-1-3-5-12/h1-11,19-20H,26H2,(H,27,28)/t19-,20+/m0/s1. The van der Waals surface area contributed by atoms with E-state index in [9.17, 15) is 4.79 Å². The molecule has 0 saturated carbocycles. The highest BCUT2D eigenvalue weighted by atomic mass is 35.5. The summed E-state index contributed by atoms with van der Waals surface area (Å²) in [6.07, 6.45) is 0. The first-order chi connectivity index (χ1) is 13.4. The second-order valence-corrected chi connectivity index (χ2v) is 7.82. The maximum absolute atomic E-state index is 12.8. The zero-order valence-electron chi connectivity index (χ0n) is 14.5. The molecule has 0 heterocycles. The van der Waals surface area contributed by atoms with Crippen molar-refractivity contribution in [2.45, 2.75) is 12.1 Å². The van der Waals surface area contributed by atoms with Crippen LogP contribution in [0.3, 0.4) is 0 Å². The van der Waals surface area contributed by atoms with E-state index in [0.29, 0.717) is 25.7 Å². The number of hydrogen-bond donors (Lipinski definition) is 2. The van der Waals surface area contributed by atoms with Gasteiger partial charge in [-0.2, -0.15) is 0 Å². The molecule has 0 aromatic heterocycles. The van der Waals surface area contributed by atoms with Gasteiger partial charge in [-0.05, 0) is 47.5 Å². The fourth-order valence-electron chi connectivity index (χ4n) is 2.81. The van der Waals surface area contributed by atoms with Gasteiger partial charge in [0.1, 0.15) is 0 Å². The average Bonchev–Trinajstić information content (AvgIpc) is 2.70. The summed E-state index contributed by atoms with van der Waals surface area (Å²) in [6.45, 7) is 0. The molecule has 0 spiro atoms. The molecular weight excluding hydrogens is 438 g/mol. The molecule has 3 rings (SSSR count). The van der Waals surface area contributed by atoms with Crippen molar-refractivity contribution in [1.29, 1.82) is 0 Å². The summed E-state index contributed by atoms with van der Waals surface area (Å²) >= 11 is 24.4. The Labute approximate surface area is 183 Å². The van der Waals surface area contributed by atoms with E-state index in [4.69, 9.17) is 52.1 Å². The molecule has 0 aliphatic carbocycles. The molecule has 7 heteroatoms. The van der Waals surface area contributed by atoms with Crippen LogP contribution in [0.5, 0.6) is 0 Å². The zero-order chi connectivity index (χ0) is 20.3. The third-order valence-corrected chi connectivity index (χ3v) is 5.79. The van der Waals surface area contributed by atoms with E-state index < -0.39 is 12.1 Å². The fraction of sp³-hybridized carbons (Fsp3) is 0.0952. The summed E-state index contributed by atoms with van der Waals surface area (Å²) in [7, 11) is 0. The Morgan fingerprint density at radius 3 is 1.86 bits per heavy atom. The van der Waals surface area contributed by atoms with E-state index in [2.05, 4.69) is 5.32 Å². The van der Waals surface area contributed by atoms with E-state index in [0.717, 1.165) is 11.1 Å². The third kappa shape index (κ3) is 4.80. The quantitative estimate of drug-likeness (QED) is 0.464. The third-order valence-electron chi connectivity index (χ3n) is 4.31. The van der Waals surface area contributed by atoms with E-state index >= 15 is 0 Å². The summed E-state index contributed by atoms with van der Waals surface area (Å²) in [5, 5.41) is 4.59. The van der Waals surface area contributed by atoms with Gasteiger partial charge in [0.15, 0.2) is 0 Å². The highest BCUT2D eigenvalue weighted by Crippen LogP contribution is 2.34. The van der Waals surface area contributed by atoms with Gasteiger partial charge in [-0.3, -0.25) is 4.79 Å². The molecule has 0 radical (unpaired) electrons. The highest BCUT2D eigenvalue weighted by Gasteiger charge is 2.25. The Kier molecular flexibility index (Phi) is 6.86. The highest BCUT2D eigenvalue weighted by molar-refractivity contribution is 6.42. The number of nitrogens with two attached hydrogens (primary N) is 1. The Bertz CT molecular complexity index is 995. The fourth-order valence-corrected chi connectivity index (χ4v) is 3.43. The number of rotatable bonds is 5. The molecule has 1 amide bonds. The number of benzene rings is 3. The van der Waals surface area contributed by atoms with E-state index in [1.54, 1.807) is 60.7 Å². The normalized spacial score (nSPS) is 13.0. The van der Waals surface area contributed by atoms with Crippen LogP contribution in [0.25, 0.3) is 0 Å². The molecule has 3 nitrogen and oxygen atoms in total. The summed E-state index contributed by atoms with van der Waals surface area (Å²) in [5.41, 5.74) is 8.48. The predicted octanol–water partition coefficient (Wildman–Crippen LogP) is 6.47. The topological polar surface area (TPSA) is 55.1 Å². The van der Waals surface area contributed by atoms with Crippen molar-refractivity contribution >= 4 is 52.3 Å². The zero-order valence-corrected chi connectivity index (χ0v) is 17.5. The van der Waals surface area contributed by atoms with Gasteiger partial charge in [0, 0.05) is 5.56 Å². The Morgan fingerprint density at radius 2 is 1.29 bits per heavy atom. The summed E-state index contributed by atoms with van der Waals surface area (Å²) in [4.78, 5) is 12.8. The average molecular weight is 454 g/mol. The van der Waals surface area contributed by atoms with Crippen molar-refractivity contribution in [2.24, 2.45) is 5.73 Å². The van der Waals surface area contributed by atoms with Crippen LogP contribution in [0.15, 0.2) is 66.7 Å². The minimum atomic E-state index is -0.598. The van der Waals surface area contributed by atoms with Crippen molar-refractivity contribution in [3.05, 3.63) is 104 Å². The first kappa shape index (κ1) is 21.0. The van der Waals surface area contributed by atoms with Crippen molar-refractivity contribution < 1.29 is 4.79 Å². The van der Waals surface area contributed by atoms with Crippen molar-refractivity contribution in [2.75, 3.05) is 0 Å². The molecule has 0 fully saturated rings. The minimum Gasteiger partial charge on any atom is -0.343 e. The molecule has 0 aliphatic rings. The van der Waals surface area contributed by atoms with E-state index in [1.165, 1.54) is 0 Å². The number of hydrogen-bond acceptors (Lipinski definition) is 2. The van der Waals surface area contributed by atoms with Gasteiger partial charge >= 0.3 is 0 Å². The molecule has 0 saturated heterocycles. The second kappa shape index (κ2) is 9.17. The van der Waals surface area contributed by atoms with Gasteiger partial charge in [-0.1, -0.05) is 76.7 Å². The number of halogens is 4. The van der Waals surface area contributed by atoms with Crippen LogP contribution < -0.4 is 11.1 Å². The molecule has 0 bridgehead atoms. The minimum absolute atomic E-state index is 0.257. The summed E-state index contributed by atoms with van der Waals surface area (Å²) in [5.74, 6) is -0.257. The second-order valence-electron chi connectivity index (χ2n) is 6.19. The molecule has 3 N–H and O–H groups in total. The van der Waals surface area contributed by atoms with Gasteiger partial charge < -0.3 is 11.1 Å².